The third-order valence-corrected chi connectivity index (χ3v) is 4.20. The number of aliphatic carboxylic acids is 1. The van der Waals surface area contributed by atoms with E-state index in [9.17, 15) is 9.59 Å². The van der Waals surface area contributed by atoms with E-state index in [-0.39, 0.29) is 11.4 Å². The average molecular weight is 270 g/mol. The molecule has 0 aliphatic carbocycles. The Morgan fingerprint density at radius 1 is 1.32 bits per heavy atom. The van der Waals surface area contributed by atoms with E-state index in [1.807, 2.05) is 25.7 Å². The van der Waals surface area contributed by atoms with Crippen LogP contribution in [0.15, 0.2) is 0 Å². The van der Waals surface area contributed by atoms with Crippen LogP contribution in [-0.2, 0) is 9.59 Å². The van der Waals surface area contributed by atoms with Crippen LogP contribution >= 0.6 is 0 Å². The van der Waals surface area contributed by atoms with Crippen LogP contribution in [0.5, 0.6) is 0 Å². The Bertz CT molecular complexity index is 345. The number of piperidine rings is 1. The fourth-order valence-corrected chi connectivity index (χ4v) is 2.13. The van der Waals surface area contributed by atoms with Gasteiger partial charge in [0.25, 0.3) is 0 Å². The monoisotopic (exact) mass is 270 g/mol. The number of nitrogens with zero attached hydrogens (tertiary/aromatic N) is 1. The van der Waals surface area contributed by atoms with Gasteiger partial charge in [0, 0.05) is 5.54 Å². The van der Waals surface area contributed by atoms with Gasteiger partial charge >= 0.3 is 5.97 Å². The van der Waals surface area contributed by atoms with Crippen molar-refractivity contribution in [3.05, 3.63) is 0 Å². The highest BCUT2D eigenvalue weighted by Gasteiger charge is 2.37. The SMILES string of the molecule is CCC(C)(C)NC(=O)CN1CCC(C)(C(=O)O)CC1. The van der Waals surface area contributed by atoms with Crippen LogP contribution in [-0.4, -0.2) is 47.1 Å². The Kier molecular flexibility index (Phi) is 4.96. The van der Waals surface area contributed by atoms with Crippen molar-refractivity contribution in [1.82, 2.24) is 10.2 Å². The summed E-state index contributed by atoms with van der Waals surface area (Å²) in [6, 6.07) is 0. The quantitative estimate of drug-likeness (QED) is 0.794. The molecule has 1 aliphatic rings. The molecule has 0 aromatic heterocycles. The summed E-state index contributed by atoms with van der Waals surface area (Å²) in [6.07, 6.45) is 2.09. The summed E-state index contributed by atoms with van der Waals surface area (Å²) in [6.45, 7) is 9.53. The van der Waals surface area contributed by atoms with Gasteiger partial charge in [-0.1, -0.05) is 6.92 Å². The first-order chi connectivity index (χ1) is 8.68. The highest BCUT2D eigenvalue weighted by molar-refractivity contribution is 5.79. The Hall–Kier alpha value is -1.10. The lowest BCUT2D eigenvalue weighted by Crippen LogP contribution is -2.50. The molecule has 0 saturated carbocycles. The van der Waals surface area contributed by atoms with Crippen LogP contribution in [0.2, 0.25) is 0 Å². The Labute approximate surface area is 115 Å². The first-order valence-electron chi connectivity index (χ1n) is 6.95. The number of amides is 1. The molecule has 1 rings (SSSR count). The Morgan fingerprint density at radius 2 is 1.84 bits per heavy atom. The van der Waals surface area contributed by atoms with Crippen molar-refractivity contribution in [3.8, 4) is 0 Å². The van der Waals surface area contributed by atoms with Crippen molar-refractivity contribution in [2.75, 3.05) is 19.6 Å². The van der Waals surface area contributed by atoms with Crippen LogP contribution in [0.3, 0.4) is 0 Å². The Morgan fingerprint density at radius 3 is 2.26 bits per heavy atom. The maximum absolute atomic E-state index is 11.9. The van der Waals surface area contributed by atoms with Crippen molar-refractivity contribution in [2.45, 2.75) is 52.5 Å². The van der Waals surface area contributed by atoms with E-state index in [0.29, 0.717) is 32.5 Å². The van der Waals surface area contributed by atoms with Crippen molar-refractivity contribution in [2.24, 2.45) is 5.41 Å². The average Bonchev–Trinajstić information content (AvgIpc) is 2.31. The maximum Gasteiger partial charge on any atom is 0.309 e. The molecule has 110 valence electrons. The molecule has 5 nitrogen and oxygen atoms in total. The van der Waals surface area contributed by atoms with Crippen molar-refractivity contribution in [1.29, 1.82) is 0 Å². The number of rotatable bonds is 5. The lowest BCUT2D eigenvalue weighted by atomic mass is 9.80. The first-order valence-corrected chi connectivity index (χ1v) is 6.95. The highest BCUT2D eigenvalue weighted by atomic mass is 16.4. The topological polar surface area (TPSA) is 69.6 Å². The number of carbonyl (C=O) groups is 2. The predicted molar refractivity (Wildman–Crippen MR) is 73.9 cm³/mol. The van der Waals surface area contributed by atoms with E-state index in [0.717, 1.165) is 6.42 Å². The summed E-state index contributed by atoms with van der Waals surface area (Å²) >= 11 is 0. The number of nitrogens with one attached hydrogen (secondary N) is 1. The van der Waals surface area contributed by atoms with Crippen LogP contribution in [0.4, 0.5) is 0 Å². The molecule has 1 saturated heterocycles. The predicted octanol–water partition coefficient (Wildman–Crippen LogP) is 1.48. The standard InChI is InChI=1S/C14H26N2O3/c1-5-13(2,3)15-11(17)10-16-8-6-14(4,7-9-16)12(18)19/h5-10H2,1-4H3,(H,15,17)(H,18,19). The van der Waals surface area contributed by atoms with E-state index >= 15 is 0 Å². The number of likely N-dealkylation sites (tertiary alicyclic amines) is 1. The summed E-state index contributed by atoms with van der Waals surface area (Å²) in [5, 5.41) is 12.2. The molecule has 1 aliphatic heterocycles. The lowest BCUT2D eigenvalue weighted by molar-refractivity contribution is -0.150. The van der Waals surface area contributed by atoms with Gasteiger partial charge in [0.2, 0.25) is 5.91 Å². The minimum atomic E-state index is -0.733. The smallest absolute Gasteiger partial charge is 0.309 e. The molecule has 0 unspecified atom stereocenters. The van der Waals surface area contributed by atoms with Gasteiger partial charge in [0.15, 0.2) is 0 Å². The van der Waals surface area contributed by atoms with E-state index in [1.165, 1.54) is 0 Å². The third kappa shape index (κ3) is 4.49. The molecular weight excluding hydrogens is 244 g/mol. The summed E-state index contributed by atoms with van der Waals surface area (Å²) in [5.41, 5.74) is -0.807. The largest absolute Gasteiger partial charge is 0.481 e. The van der Waals surface area contributed by atoms with Crippen molar-refractivity contribution < 1.29 is 14.7 Å². The zero-order valence-electron chi connectivity index (χ0n) is 12.5. The summed E-state index contributed by atoms with van der Waals surface area (Å²) in [5.74, 6) is -0.713. The molecule has 0 radical (unpaired) electrons. The molecule has 0 atom stereocenters. The molecule has 19 heavy (non-hydrogen) atoms. The summed E-state index contributed by atoms with van der Waals surface area (Å²) in [4.78, 5) is 25.1. The van der Waals surface area contributed by atoms with E-state index in [4.69, 9.17) is 5.11 Å². The second-order valence-corrected chi connectivity index (χ2v) is 6.43. The maximum atomic E-state index is 11.9. The summed E-state index contributed by atoms with van der Waals surface area (Å²) in [7, 11) is 0. The molecule has 0 bridgehead atoms. The van der Waals surface area contributed by atoms with Crippen molar-refractivity contribution >= 4 is 11.9 Å². The molecule has 1 fully saturated rings. The zero-order valence-corrected chi connectivity index (χ0v) is 12.5. The highest BCUT2D eigenvalue weighted by Crippen LogP contribution is 2.30. The van der Waals surface area contributed by atoms with Crippen LogP contribution < -0.4 is 5.32 Å². The van der Waals surface area contributed by atoms with E-state index < -0.39 is 11.4 Å². The van der Waals surface area contributed by atoms with Gasteiger partial charge in [-0.05, 0) is 53.1 Å². The van der Waals surface area contributed by atoms with Gasteiger partial charge in [0.1, 0.15) is 0 Å². The third-order valence-electron chi connectivity index (χ3n) is 4.20. The van der Waals surface area contributed by atoms with Crippen LogP contribution in [0, 0.1) is 5.41 Å². The number of hydrogen-bond donors (Lipinski definition) is 2. The Balaban J connectivity index is 2.41. The lowest BCUT2D eigenvalue weighted by Gasteiger charge is -2.36. The van der Waals surface area contributed by atoms with Gasteiger partial charge in [-0.25, -0.2) is 0 Å². The van der Waals surface area contributed by atoms with Gasteiger partial charge in [0.05, 0.1) is 12.0 Å². The number of carboxylic acids is 1. The second-order valence-electron chi connectivity index (χ2n) is 6.43. The van der Waals surface area contributed by atoms with E-state index in [2.05, 4.69) is 5.32 Å². The van der Waals surface area contributed by atoms with Crippen molar-refractivity contribution in [3.63, 3.8) is 0 Å². The van der Waals surface area contributed by atoms with Gasteiger partial charge < -0.3 is 10.4 Å². The second kappa shape index (κ2) is 5.90. The first kappa shape index (κ1) is 16.0. The zero-order chi connectivity index (χ0) is 14.7. The molecule has 1 amide bonds. The minimum Gasteiger partial charge on any atom is -0.481 e. The fourth-order valence-electron chi connectivity index (χ4n) is 2.13. The van der Waals surface area contributed by atoms with Crippen LogP contribution in [0.1, 0.15) is 47.0 Å². The molecule has 0 aromatic rings. The molecule has 0 aromatic carbocycles. The van der Waals surface area contributed by atoms with Gasteiger partial charge in [-0.3, -0.25) is 14.5 Å². The number of hydrogen-bond acceptors (Lipinski definition) is 3. The molecule has 5 heteroatoms. The molecule has 2 N–H and O–H groups in total. The number of carboxylic acid groups (broad SMARTS) is 1. The summed E-state index contributed by atoms with van der Waals surface area (Å²) < 4.78 is 0. The molecular formula is C14H26N2O3. The van der Waals surface area contributed by atoms with E-state index in [1.54, 1.807) is 6.92 Å². The van der Waals surface area contributed by atoms with Gasteiger partial charge in [-0.2, -0.15) is 0 Å². The molecule has 1 heterocycles. The fraction of sp³-hybridized carbons (Fsp3) is 0.857. The minimum absolute atomic E-state index is 0.0192. The van der Waals surface area contributed by atoms with Gasteiger partial charge in [-0.15, -0.1) is 0 Å². The molecule has 0 spiro atoms. The number of carbonyl (C=O) groups excluding carboxylic acids is 1. The van der Waals surface area contributed by atoms with Crippen LogP contribution in [0.25, 0.3) is 0 Å². The normalized spacial score (nSPS) is 20.0.